The Morgan fingerprint density at radius 1 is 0.286 bits per heavy atom. The van der Waals surface area contributed by atoms with Crippen LogP contribution in [0, 0.1) is 0 Å². The van der Waals surface area contributed by atoms with Crippen molar-refractivity contribution < 1.29 is 107 Å². The lowest BCUT2D eigenvalue weighted by molar-refractivity contribution is -0.697. The minimum absolute atomic E-state index is 0. The van der Waals surface area contributed by atoms with Gasteiger partial charge in [0.05, 0.1) is 28.3 Å². The van der Waals surface area contributed by atoms with E-state index in [1.54, 1.807) is 0 Å². The summed E-state index contributed by atoms with van der Waals surface area (Å²) in [4.78, 5) is 19.3. The smallest absolute Gasteiger partial charge is 0.176 e. The predicted octanol–water partition coefficient (Wildman–Crippen LogP) is 0.261. The Balaban J connectivity index is 0.00000323. The van der Waals surface area contributed by atoms with E-state index in [1.165, 1.54) is 0 Å². The van der Waals surface area contributed by atoms with E-state index >= 15 is 0 Å². The average molecular weight is 1400 g/mol. The molecule has 0 amide bonds. The molecule has 84 heavy (non-hydrogen) atoms. The molecule has 16 heteroatoms. The van der Waals surface area contributed by atoms with Gasteiger partial charge in [-0.15, -0.1) is 0 Å². The van der Waals surface area contributed by atoms with Crippen LogP contribution in [0.2, 0.25) is 0 Å². The summed E-state index contributed by atoms with van der Waals surface area (Å²) >= 11 is 0. The van der Waals surface area contributed by atoms with Gasteiger partial charge in [-0.05, 0) is 124 Å². The Morgan fingerprint density at radius 2 is 0.524 bits per heavy atom. The molecule has 0 saturated carbocycles. The second kappa shape index (κ2) is 37.5. The number of fused-ring (bicyclic) bond motifs is 8. The fraction of sp³-hybridized carbons (Fsp3) is 0.412. The maximum Gasteiger partial charge on any atom is 0.176 e. The molecule has 12 nitrogen and oxygen atoms in total. The number of aromatic nitrogens is 8. The van der Waals surface area contributed by atoms with Crippen molar-refractivity contribution in [3.05, 3.63) is 145 Å². The summed E-state index contributed by atoms with van der Waals surface area (Å²) in [5.74, 6) is 0. The van der Waals surface area contributed by atoms with Crippen LogP contribution in [-0.4, -0.2) is 66.8 Å². The van der Waals surface area contributed by atoms with Crippen LogP contribution < -0.4 is 86.2 Å². The Hall–Kier alpha value is -5.04. The van der Waals surface area contributed by atoms with Gasteiger partial charge in [0, 0.05) is 137 Å². The molecule has 450 valence electrons. The molecule has 9 rings (SSSR count). The van der Waals surface area contributed by atoms with Crippen LogP contribution in [0.3, 0.4) is 0 Å². The van der Waals surface area contributed by atoms with E-state index < -0.39 is 0 Å². The number of H-pyrrole nitrogens is 2. The summed E-state index contributed by atoms with van der Waals surface area (Å²) in [6.07, 6.45) is 47.2. The number of aliphatic hydroxyl groups is 4. The highest BCUT2D eigenvalue weighted by Crippen LogP contribution is 2.38. The molecule has 0 aliphatic carbocycles. The zero-order valence-electron chi connectivity index (χ0n) is 48.6. The first-order chi connectivity index (χ1) is 39.5. The van der Waals surface area contributed by atoms with E-state index in [0.717, 1.165) is 244 Å². The van der Waals surface area contributed by atoms with Crippen molar-refractivity contribution in [2.45, 2.75) is 155 Å². The molecular weight excluding hydrogens is 1310 g/mol. The van der Waals surface area contributed by atoms with Crippen LogP contribution >= 0.6 is 0 Å². The lowest BCUT2D eigenvalue weighted by atomic mass is 10.0. The molecule has 0 aromatic carbocycles. The lowest BCUT2D eigenvalue weighted by Crippen LogP contribution is -3.00. The highest BCUT2D eigenvalue weighted by atomic mass is 79.9. The standard InChI is InChI=1S/C68H86N8O4.4BrH/c77-45-17-9-1-5-13-37-73-41-21-25-53(49-73)65-57-29-31-59(69-57)66(54-26-22-42-74(50-54)38-14-6-2-10-18-46-78)61-33-35-63(71-61)68(56-28-24-44-76(52-56)40-16-8-4-12-20-48-80)64-36-34-62(72-64)67(60-32-30-58(65)70-60)55-27-23-43-75(51-55)39-15-7-3-11-19-47-79;;;;/h21-36,41-44,49-52,69-70,77-80H,1-20,37-40,45-48H2;4*1H/q+4;;;;/p-4. The normalized spacial score (nSPS) is 11.5. The highest BCUT2D eigenvalue weighted by molar-refractivity contribution is 5.99. The number of pyridine rings is 4. The number of aryl methyl sites for hydroxylation is 4. The quantitative estimate of drug-likeness (QED) is 0.0263. The molecule has 0 fully saturated rings. The molecule has 6 N–H and O–H groups in total. The van der Waals surface area contributed by atoms with Gasteiger partial charge in [-0.2, -0.15) is 0 Å². The first-order valence-corrected chi connectivity index (χ1v) is 30.1. The Labute approximate surface area is 539 Å². The van der Waals surface area contributed by atoms with Crippen LogP contribution in [-0.2, 0) is 26.2 Å². The van der Waals surface area contributed by atoms with Crippen LogP contribution in [0.4, 0.5) is 0 Å². The van der Waals surface area contributed by atoms with E-state index in [9.17, 15) is 20.4 Å². The van der Waals surface area contributed by atoms with Gasteiger partial charge in [-0.3, -0.25) is 0 Å². The third kappa shape index (κ3) is 19.5. The number of aliphatic hydroxyl groups excluding tert-OH is 4. The lowest BCUT2D eigenvalue weighted by Gasteiger charge is -2.07. The number of halogens is 4. The molecular formula is C68H86Br4N8O4. The molecule has 7 aromatic heterocycles. The van der Waals surface area contributed by atoms with Gasteiger partial charge in [0.2, 0.25) is 0 Å². The van der Waals surface area contributed by atoms with Crippen molar-refractivity contribution in [3.63, 3.8) is 0 Å². The zero-order valence-corrected chi connectivity index (χ0v) is 55.0. The number of hydrogen-bond acceptors (Lipinski definition) is 6. The SMILES string of the molecule is OCCCCCCC[n+]1cccc(-c2c3nc(c(-c4ccc[n+](CCCCCCCO)c4)c4ccc([nH]4)c(-c4ccc[n+](CCCCCCCO)c4)c4ccc([nH]4)c(-c4ccc[n+](CCCCCCCO)c4)c4nc2C=C4)C=C3)c1.[Br-].[Br-].[Br-].[Br-]. The van der Waals surface area contributed by atoms with Crippen molar-refractivity contribution in [2.24, 2.45) is 0 Å². The monoisotopic (exact) mass is 1390 g/mol. The summed E-state index contributed by atoms with van der Waals surface area (Å²) in [6.45, 7) is 4.59. The first kappa shape index (κ1) is 69.7. The molecule has 0 unspecified atom stereocenters. The minimum Gasteiger partial charge on any atom is -1.00 e. The van der Waals surface area contributed by atoms with Crippen LogP contribution in [0.25, 0.3) is 90.9 Å². The molecule has 0 atom stereocenters. The summed E-state index contributed by atoms with van der Waals surface area (Å²) in [5.41, 5.74) is 15.7. The number of unbranched alkanes of at least 4 members (excludes halogenated alkanes) is 16. The van der Waals surface area contributed by atoms with Crippen molar-refractivity contribution in [2.75, 3.05) is 26.4 Å². The summed E-state index contributed by atoms with van der Waals surface area (Å²) in [7, 11) is 0. The molecule has 2 aliphatic heterocycles. The van der Waals surface area contributed by atoms with Gasteiger partial charge in [-0.1, -0.05) is 51.4 Å². The summed E-state index contributed by atoms with van der Waals surface area (Å²) in [5, 5.41) is 37.4. The molecule has 2 aliphatic rings. The third-order valence-corrected chi connectivity index (χ3v) is 15.6. The summed E-state index contributed by atoms with van der Waals surface area (Å²) < 4.78 is 9.22. The number of nitrogens with one attached hydrogen (secondary N) is 2. The predicted molar refractivity (Wildman–Crippen MR) is 322 cm³/mol. The fourth-order valence-corrected chi connectivity index (χ4v) is 11.4. The van der Waals surface area contributed by atoms with Crippen molar-refractivity contribution in [1.29, 1.82) is 0 Å². The number of aromatic amines is 2. The Morgan fingerprint density at radius 3 is 0.821 bits per heavy atom. The summed E-state index contributed by atoms with van der Waals surface area (Å²) in [6, 6.07) is 26.3. The van der Waals surface area contributed by atoms with Crippen LogP contribution in [0.5, 0.6) is 0 Å². The van der Waals surface area contributed by atoms with Gasteiger partial charge in [0.25, 0.3) is 0 Å². The second-order valence-corrected chi connectivity index (χ2v) is 21.8. The molecule has 9 heterocycles. The molecule has 0 spiro atoms. The minimum atomic E-state index is 0. The average Bonchev–Trinajstić information content (AvgIpc) is 4.54. The van der Waals surface area contributed by atoms with Crippen LogP contribution in [0.1, 0.15) is 151 Å². The van der Waals surface area contributed by atoms with Gasteiger partial charge < -0.3 is 98.3 Å². The second-order valence-electron chi connectivity index (χ2n) is 21.8. The number of hydrogen-bond donors (Lipinski definition) is 6. The van der Waals surface area contributed by atoms with E-state index in [0.29, 0.717) is 0 Å². The van der Waals surface area contributed by atoms with E-state index in [1.807, 2.05) is 0 Å². The number of nitrogens with zero attached hydrogens (tertiary/aromatic N) is 6. The third-order valence-electron chi connectivity index (χ3n) is 15.6. The fourth-order valence-electron chi connectivity index (χ4n) is 11.4. The number of rotatable bonds is 32. The molecule has 0 radical (unpaired) electrons. The maximum atomic E-state index is 9.35. The highest BCUT2D eigenvalue weighted by Gasteiger charge is 2.23. The molecule has 7 aromatic rings. The largest absolute Gasteiger partial charge is 1.00 e. The first-order valence-electron chi connectivity index (χ1n) is 30.1. The van der Waals surface area contributed by atoms with E-state index in [4.69, 9.17) is 9.97 Å². The van der Waals surface area contributed by atoms with Gasteiger partial charge in [0.1, 0.15) is 26.2 Å². The maximum absolute atomic E-state index is 9.35. The van der Waals surface area contributed by atoms with Gasteiger partial charge in [0.15, 0.2) is 49.6 Å². The van der Waals surface area contributed by atoms with Gasteiger partial charge >= 0.3 is 0 Å². The topological polar surface area (TPSA) is 154 Å². The van der Waals surface area contributed by atoms with E-state index in [-0.39, 0.29) is 94.4 Å². The van der Waals surface area contributed by atoms with Crippen LogP contribution in [0.15, 0.2) is 122 Å². The van der Waals surface area contributed by atoms with E-state index in [2.05, 4.69) is 175 Å². The molecule has 0 saturated heterocycles. The Kier molecular flexibility index (Phi) is 31.1. The zero-order chi connectivity index (χ0) is 55.1. The molecule has 8 bridgehead atoms. The van der Waals surface area contributed by atoms with Crippen molar-refractivity contribution in [1.82, 2.24) is 19.9 Å². The Bertz CT molecular complexity index is 3200. The van der Waals surface area contributed by atoms with Gasteiger partial charge in [-0.25, -0.2) is 28.2 Å². The van der Waals surface area contributed by atoms with Crippen molar-refractivity contribution >= 4 is 46.4 Å². The van der Waals surface area contributed by atoms with Crippen molar-refractivity contribution in [3.8, 4) is 44.5 Å².